The van der Waals surface area contributed by atoms with Crippen LogP contribution in [0.4, 0.5) is 4.39 Å². The van der Waals surface area contributed by atoms with Gasteiger partial charge in [-0.15, -0.1) is 24.0 Å². The van der Waals surface area contributed by atoms with Gasteiger partial charge in [0.05, 0.1) is 13.2 Å². The van der Waals surface area contributed by atoms with Crippen LogP contribution in [-0.2, 0) is 24.3 Å². The Morgan fingerprint density at radius 3 is 2.84 bits per heavy atom. The minimum absolute atomic E-state index is 0. The number of fused-ring (bicyclic) bond motifs is 1. The third kappa shape index (κ3) is 6.70. The Morgan fingerprint density at radius 1 is 1.19 bits per heavy atom. The van der Waals surface area contributed by atoms with E-state index in [9.17, 15) is 4.39 Å². The summed E-state index contributed by atoms with van der Waals surface area (Å²) in [6, 6.07) is 11.1. The quantitative estimate of drug-likeness (QED) is 0.301. The molecule has 0 saturated heterocycles. The lowest BCUT2D eigenvalue weighted by Gasteiger charge is -2.21. The fourth-order valence-corrected chi connectivity index (χ4v) is 3.44. The van der Waals surface area contributed by atoms with Crippen LogP contribution in [-0.4, -0.2) is 33.0 Å². The molecule has 1 heterocycles. The van der Waals surface area contributed by atoms with E-state index in [1.54, 1.807) is 7.05 Å². The van der Waals surface area contributed by atoms with Gasteiger partial charge in [-0.1, -0.05) is 18.2 Å². The van der Waals surface area contributed by atoms with Gasteiger partial charge in [-0.05, 0) is 48.9 Å². The summed E-state index contributed by atoms with van der Waals surface area (Å²) in [5, 5.41) is 6.61. The molecule has 168 valence electrons. The van der Waals surface area contributed by atoms with Crippen LogP contribution in [0.3, 0.4) is 0 Å². The molecule has 0 bridgehead atoms. The van der Waals surface area contributed by atoms with Gasteiger partial charge in [0, 0.05) is 31.3 Å². The van der Waals surface area contributed by atoms with Gasteiger partial charge in [-0.25, -0.2) is 4.39 Å². The standard InChI is InChI=1S/C23H28FN3O3.HI/c1-25-23(27-12-18-4-2-3-5-21(18)29-13-16-6-7-16)26-9-8-17-10-20(24)11-19-14-28-15-30-22(17)19;/h2-5,10-11,16H,6-9,12-15H2,1H3,(H2,25,26,27);1H. The number of benzene rings is 2. The molecule has 0 spiro atoms. The van der Waals surface area contributed by atoms with Gasteiger partial charge in [-0.2, -0.15) is 0 Å². The lowest BCUT2D eigenvalue weighted by molar-refractivity contribution is -0.0172. The minimum atomic E-state index is -0.275. The van der Waals surface area contributed by atoms with E-state index in [4.69, 9.17) is 14.2 Å². The Morgan fingerprint density at radius 2 is 2.03 bits per heavy atom. The number of hydrogen-bond acceptors (Lipinski definition) is 4. The highest BCUT2D eigenvalue weighted by Crippen LogP contribution is 2.31. The van der Waals surface area contributed by atoms with E-state index >= 15 is 0 Å². The predicted molar refractivity (Wildman–Crippen MR) is 129 cm³/mol. The third-order valence-electron chi connectivity index (χ3n) is 5.25. The molecule has 4 rings (SSSR count). The summed E-state index contributed by atoms with van der Waals surface area (Å²) in [4.78, 5) is 4.28. The van der Waals surface area contributed by atoms with Crippen molar-refractivity contribution in [3.8, 4) is 11.5 Å². The third-order valence-corrected chi connectivity index (χ3v) is 5.25. The molecule has 2 N–H and O–H groups in total. The van der Waals surface area contributed by atoms with Crippen LogP contribution in [0, 0.1) is 11.7 Å². The van der Waals surface area contributed by atoms with Gasteiger partial charge in [0.2, 0.25) is 0 Å². The average Bonchev–Trinajstić information content (AvgIpc) is 3.59. The number of hydrogen-bond donors (Lipinski definition) is 2. The van der Waals surface area contributed by atoms with Gasteiger partial charge in [0.25, 0.3) is 0 Å². The molecule has 1 aliphatic carbocycles. The topological polar surface area (TPSA) is 64.1 Å². The van der Waals surface area contributed by atoms with Crippen molar-refractivity contribution in [2.75, 3.05) is 27.0 Å². The van der Waals surface area contributed by atoms with Crippen LogP contribution in [0.1, 0.15) is 29.5 Å². The molecular weight excluding hydrogens is 512 g/mol. The van der Waals surface area contributed by atoms with Crippen LogP contribution in [0.5, 0.6) is 11.5 Å². The van der Waals surface area contributed by atoms with Crippen molar-refractivity contribution in [2.45, 2.75) is 32.4 Å². The first-order chi connectivity index (χ1) is 14.7. The summed E-state index contributed by atoms with van der Waals surface area (Å²) in [5.74, 6) is 2.77. The highest BCUT2D eigenvalue weighted by Gasteiger charge is 2.22. The van der Waals surface area contributed by atoms with E-state index in [0.717, 1.165) is 34.8 Å². The van der Waals surface area contributed by atoms with Gasteiger partial charge in [0.15, 0.2) is 12.8 Å². The molecule has 0 unspecified atom stereocenters. The zero-order valence-electron chi connectivity index (χ0n) is 17.7. The molecule has 8 heteroatoms. The largest absolute Gasteiger partial charge is 0.493 e. The highest BCUT2D eigenvalue weighted by atomic mass is 127. The van der Waals surface area contributed by atoms with E-state index in [1.165, 1.54) is 25.0 Å². The molecule has 6 nitrogen and oxygen atoms in total. The number of nitrogens with one attached hydrogen (secondary N) is 2. The Balaban J connectivity index is 0.00000272. The summed E-state index contributed by atoms with van der Waals surface area (Å²) in [6.07, 6.45) is 3.15. The fourth-order valence-electron chi connectivity index (χ4n) is 3.44. The maximum Gasteiger partial charge on any atom is 0.191 e. The summed E-state index contributed by atoms with van der Waals surface area (Å²) in [6.45, 7) is 2.56. The second-order valence-electron chi connectivity index (χ2n) is 7.63. The average molecular weight is 541 g/mol. The van der Waals surface area contributed by atoms with Gasteiger partial charge in [-0.3, -0.25) is 4.99 Å². The molecule has 1 fully saturated rings. The van der Waals surface area contributed by atoms with Crippen molar-refractivity contribution >= 4 is 29.9 Å². The zero-order chi connectivity index (χ0) is 20.8. The maximum atomic E-state index is 13.9. The number of nitrogens with zero attached hydrogens (tertiary/aromatic N) is 1. The Kier molecular flexibility index (Phi) is 8.77. The van der Waals surface area contributed by atoms with Crippen LogP contribution in [0.15, 0.2) is 41.4 Å². The van der Waals surface area contributed by atoms with E-state index in [-0.39, 0.29) is 36.6 Å². The minimum Gasteiger partial charge on any atom is -0.493 e. The Hall–Kier alpha value is -2.07. The molecule has 0 aromatic heterocycles. The molecule has 0 amide bonds. The van der Waals surface area contributed by atoms with Crippen LogP contribution in [0.2, 0.25) is 0 Å². The summed E-state index contributed by atoms with van der Waals surface area (Å²) >= 11 is 0. The summed E-state index contributed by atoms with van der Waals surface area (Å²) in [5.41, 5.74) is 2.67. The van der Waals surface area contributed by atoms with Crippen LogP contribution in [0.25, 0.3) is 0 Å². The van der Waals surface area contributed by atoms with Crippen molar-refractivity contribution in [1.82, 2.24) is 10.6 Å². The molecule has 1 saturated carbocycles. The number of para-hydroxylation sites is 1. The number of guanidine groups is 1. The predicted octanol–water partition coefficient (Wildman–Crippen LogP) is 4.01. The molecule has 2 aromatic carbocycles. The fraction of sp³-hybridized carbons (Fsp3) is 0.435. The van der Waals surface area contributed by atoms with Crippen LogP contribution >= 0.6 is 24.0 Å². The monoisotopic (exact) mass is 541 g/mol. The highest BCUT2D eigenvalue weighted by molar-refractivity contribution is 14.0. The molecule has 2 aromatic rings. The molecule has 0 radical (unpaired) electrons. The number of halogens is 2. The second kappa shape index (κ2) is 11.5. The van der Waals surface area contributed by atoms with E-state index in [0.29, 0.717) is 38.0 Å². The first-order valence-corrected chi connectivity index (χ1v) is 10.4. The molecule has 2 aliphatic rings. The summed E-state index contributed by atoms with van der Waals surface area (Å²) in [7, 11) is 1.73. The Labute approximate surface area is 199 Å². The SMILES string of the molecule is CN=C(NCCc1cc(F)cc2c1OCOC2)NCc1ccccc1OCC1CC1.I. The smallest absolute Gasteiger partial charge is 0.191 e. The number of aliphatic imine (C=N–C) groups is 1. The van der Waals surface area contributed by atoms with E-state index in [2.05, 4.69) is 21.7 Å². The lowest BCUT2D eigenvalue weighted by Crippen LogP contribution is -2.38. The van der Waals surface area contributed by atoms with Gasteiger partial charge in [0.1, 0.15) is 17.3 Å². The number of rotatable bonds is 8. The maximum absolute atomic E-state index is 13.9. The normalized spacial score (nSPS) is 15.4. The Bertz CT molecular complexity index is 906. The second-order valence-corrected chi connectivity index (χ2v) is 7.63. The van der Waals surface area contributed by atoms with E-state index < -0.39 is 0 Å². The zero-order valence-corrected chi connectivity index (χ0v) is 20.0. The molecule has 1 aliphatic heterocycles. The molecular formula is C23H29FIN3O3. The summed E-state index contributed by atoms with van der Waals surface area (Å²) < 4.78 is 30.7. The van der Waals surface area contributed by atoms with E-state index in [1.807, 2.05) is 18.2 Å². The van der Waals surface area contributed by atoms with Gasteiger partial charge >= 0.3 is 0 Å². The lowest BCUT2D eigenvalue weighted by atomic mass is 10.1. The van der Waals surface area contributed by atoms with Crippen molar-refractivity contribution in [3.05, 3.63) is 58.9 Å². The first kappa shape index (κ1) is 23.6. The van der Waals surface area contributed by atoms with Gasteiger partial charge < -0.3 is 24.8 Å². The molecule has 0 atom stereocenters. The molecule has 31 heavy (non-hydrogen) atoms. The van der Waals surface area contributed by atoms with Crippen LogP contribution < -0.4 is 20.1 Å². The number of ether oxygens (including phenoxy) is 3. The first-order valence-electron chi connectivity index (χ1n) is 10.4. The van der Waals surface area contributed by atoms with Crippen molar-refractivity contribution in [2.24, 2.45) is 10.9 Å². The van der Waals surface area contributed by atoms with Crippen molar-refractivity contribution in [1.29, 1.82) is 0 Å². The van der Waals surface area contributed by atoms with Crippen molar-refractivity contribution < 1.29 is 18.6 Å². The van der Waals surface area contributed by atoms with Crippen molar-refractivity contribution in [3.63, 3.8) is 0 Å².